The molecule has 0 N–H and O–H groups in total. The number of hydrogen-bond acceptors (Lipinski definition) is 6. The van der Waals surface area contributed by atoms with E-state index in [9.17, 15) is 0 Å². The highest BCUT2D eigenvalue weighted by atomic mass is 17.2. The molecule has 0 spiro atoms. The first kappa shape index (κ1) is 17.1. The second kappa shape index (κ2) is 6.56. The lowest BCUT2D eigenvalue weighted by Gasteiger charge is -2.22. The van der Waals surface area contributed by atoms with E-state index in [1.807, 2.05) is 12.1 Å². The van der Waals surface area contributed by atoms with Crippen molar-refractivity contribution in [2.75, 3.05) is 25.7 Å². The molecule has 28 heavy (non-hydrogen) atoms. The van der Waals surface area contributed by atoms with Gasteiger partial charge in [0.25, 0.3) is 0 Å². The summed E-state index contributed by atoms with van der Waals surface area (Å²) in [7, 11) is 3.35. The summed E-state index contributed by atoms with van der Waals surface area (Å²) in [5, 5.41) is 1.07. The molecule has 2 aromatic carbocycles. The Kier molecular flexibility index (Phi) is 4.02. The van der Waals surface area contributed by atoms with Gasteiger partial charge in [-0.2, -0.15) is 4.89 Å². The summed E-state index contributed by atoms with van der Waals surface area (Å²) in [6.07, 6.45) is 0.987. The zero-order valence-electron chi connectivity index (χ0n) is 16.2. The predicted molar refractivity (Wildman–Crippen MR) is 106 cm³/mol. The van der Waals surface area contributed by atoms with Crippen molar-refractivity contribution in [1.29, 1.82) is 0 Å². The van der Waals surface area contributed by atoms with Gasteiger partial charge in [0.1, 0.15) is 23.6 Å². The molecular weight excluding hydrogens is 356 g/mol. The normalized spacial score (nSPS) is 14.8. The van der Waals surface area contributed by atoms with Gasteiger partial charge in [0.05, 0.1) is 19.9 Å². The molecule has 0 saturated carbocycles. The number of methoxy groups -OCH3 is 2. The first-order valence-electron chi connectivity index (χ1n) is 9.39. The van der Waals surface area contributed by atoms with Gasteiger partial charge in [-0.15, -0.1) is 0 Å². The van der Waals surface area contributed by atoms with Crippen molar-refractivity contribution in [2.45, 2.75) is 26.5 Å². The van der Waals surface area contributed by atoms with Crippen LogP contribution in [0.2, 0.25) is 0 Å². The standard InChI is InChI=1S/C22H22N2O4/c1-13-17-6-7-24(11-14-4-5-19-15(8-14)12-27-28-19)22(17)18-9-16(25-2)10-20(26-3)21(18)23-13/h4-5,8-10H,6-7,11-12H2,1-3H3. The summed E-state index contributed by atoms with van der Waals surface area (Å²) in [6.45, 7) is 4.36. The number of fused-ring (bicyclic) bond motifs is 4. The van der Waals surface area contributed by atoms with Crippen LogP contribution in [0.4, 0.5) is 5.69 Å². The van der Waals surface area contributed by atoms with Gasteiger partial charge < -0.3 is 19.3 Å². The number of benzene rings is 2. The average molecular weight is 378 g/mol. The molecule has 2 aliphatic rings. The summed E-state index contributed by atoms with van der Waals surface area (Å²) in [5.41, 5.74) is 6.80. The van der Waals surface area contributed by atoms with Crippen LogP contribution in [0.1, 0.15) is 22.4 Å². The Labute approximate surface area is 163 Å². The van der Waals surface area contributed by atoms with E-state index in [4.69, 9.17) is 24.2 Å². The highest BCUT2D eigenvalue weighted by Gasteiger charge is 2.27. The first-order chi connectivity index (χ1) is 13.7. The number of aromatic nitrogens is 1. The molecule has 0 aliphatic carbocycles. The molecule has 5 rings (SSSR count). The van der Waals surface area contributed by atoms with Crippen molar-refractivity contribution in [3.8, 4) is 17.2 Å². The zero-order chi connectivity index (χ0) is 19.3. The summed E-state index contributed by atoms with van der Waals surface area (Å²) in [4.78, 5) is 17.5. The Hall–Kier alpha value is -2.99. The molecule has 0 fully saturated rings. The Morgan fingerprint density at radius 3 is 2.86 bits per heavy atom. The lowest BCUT2D eigenvalue weighted by atomic mass is 10.0. The molecule has 0 saturated heterocycles. The Morgan fingerprint density at radius 2 is 2.04 bits per heavy atom. The first-order valence-corrected chi connectivity index (χ1v) is 9.39. The van der Waals surface area contributed by atoms with Gasteiger partial charge in [-0.3, -0.25) is 0 Å². The van der Waals surface area contributed by atoms with Gasteiger partial charge in [-0.1, -0.05) is 6.07 Å². The minimum Gasteiger partial charge on any atom is -0.497 e. The Morgan fingerprint density at radius 1 is 1.14 bits per heavy atom. The largest absolute Gasteiger partial charge is 0.497 e. The van der Waals surface area contributed by atoms with E-state index in [0.29, 0.717) is 6.61 Å². The summed E-state index contributed by atoms with van der Waals surface area (Å²) in [5.74, 6) is 2.32. The SMILES string of the molecule is COc1cc(OC)c2nc(C)c3c(c2c1)N(Cc1ccc2c(c1)COO2)CC3. The maximum absolute atomic E-state index is 5.60. The highest BCUT2D eigenvalue weighted by Crippen LogP contribution is 2.42. The average Bonchev–Trinajstić information content (AvgIpc) is 3.35. The molecule has 144 valence electrons. The van der Waals surface area contributed by atoms with E-state index in [0.717, 1.165) is 58.9 Å². The van der Waals surface area contributed by atoms with Crippen LogP contribution in [-0.4, -0.2) is 25.7 Å². The molecule has 0 amide bonds. The third-order valence-corrected chi connectivity index (χ3v) is 5.57. The van der Waals surface area contributed by atoms with Crippen LogP contribution < -0.4 is 19.3 Å². The van der Waals surface area contributed by atoms with Gasteiger partial charge >= 0.3 is 0 Å². The maximum Gasteiger partial charge on any atom is 0.171 e. The van der Waals surface area contributed by atoms with Crippen LogP contribution in [0.5, 0.6) is 17.2 Å². The fourth-order valence-electron chi connectivity index (χ4n) is 4.20. The molecule has 0 bridgehead atoms. The fraction of sp³-hybridized carbons (Fsp3) is 0.318. The number of ether oxygens (including phenoxy) is 2. The molecule has 0 unspecified atom stereocenters. The van der Waals surface area contributed by atoms with Gasteiger partial charge in [0.2, 0.25) is 0 Å². The second-order valence-corrected chi connectivity index (χ2v) is 7.21. The van der Waals surface area contributed by atoms with Crippen LogP contribution >= 0.6 is 0 Å². The lowest BCUT2D eigenvalue weighted by molar-refractivity contribution is -0.194. The number of hydrogen-bond donors (Lipinski definition) is 0. The summed E-state index contributed by atoms with van der Waals surface area (Å²) < 4.78 is 11.1. The van der Waals surface area contributed by atoms with Gasteiger partial charge in [0, 0.05) is 35.8 Å². The van der Waals surface area contributed by atoms with Gasteiger partial charge in [-0.05, 0) is 42.7 Å². The molecule has 6 nitrogen and oxygen atoms in total. The molecule has 0 atom stereocenters. The zero-order valence-corrected chi connectivity index (χ0v) is 16.2. The second-order valence-electron chi connectivity index (χ2n) is 7.21. The maximum atomic E-state index is 5.60. The third kappa shape index (κ3) is 2.64. The van der Waals surface area contributed by atoms with Crippen molar-refractivity contribution in [3.05, 3.63) is 52.7 Å². The Balaban J connectivity index is 1.61. The molecule has 1 aromatic heterocycles. The van der Waals surface area contributed by atoms with E-state index in [-0.39, 0.29) is 0 Å². The molecule has 6 heteroatoms. The number of aryl methyl sites for hydroxylation is 1. The summed E-state index contributed by atoms with van der Waals surface area (Å²) in [6, 6.07) is 10.2. The molecule has 0 radical (unpaired) electrons. The van der Waals surface area contributed by atoms with Gasteiger partial charge in [0.15, 0.2) is 5.75 Å². The van der Waals surface area contributed by atoms with Crippen molar-refractivity contribution in [2.24, 2.45) is 0 Å². The van der Waals surface area contributed by atoms with Crippen LogP contribution in [-0.2, 0) is 24.5 Å². The smallest absolute Gasteiger partial charge is 0.171 e. The minimum atomic E-state index is 0.500. The topological polar surface area (TPSA) is 53.1 Å². The van der Waals surface area contributed by atoms with Crippen molar-refractivity contribution >= 4 is 16.6 Å². The predicted octanol–water partition coefficient (Wildman–Crippen LogP) is 3.95. The van der Waals surface area contributed by atoms with E-state index < -0.39 is 0 Å². The third-order valence-electron chi connectivity index (χ3n) is 5.57. The van der Waals surface area contributed by atoms with Crippen molar-refractivity contribution in [3.63, 3.8) is 0 Å². The van der Waals surface area contributed by atoms with E-state index >= 15 is 0 Å². The molecule has 3 aromatic rings. The van der Waals surface area contributed by atoms with Crippen LogP contribution in [0.15, 0.2) is 30.3 Å². The fourth-order valence-corrected chi connectivity index (χ4v) is 4.20. The molecule has 2 aliphatic heterocycles. The molecule has 3 heterocycles. The van der Waals surface area contributed by atoms with E-state index in [1.165, 1.54) is 16.8 Å². The van der Waals surface area contributed by atoms with Crippen molar-refractivity contribution in [1.82, 2.24) is 4.98 Å². The van der Waals surface area contributed by atoms with Gasteiger partial charge in [-0.25, -0.2) is 4.98 Å². The lowest BCUT2D eigenvalue weighted by Crippen LogP contribution is -2.20. The number of anilines is 1. The number of nitrogens with zero attached hydrogens (tertiary/aromatic N) is 2. The van der Waals surface area contributed by atoms with Crippen LogP contribution in [0.3, 0.4) is 0 Å². The molecular formula is C22H22N2O4. The van der Waals surface area contributed by atoms with Crippen LogP contribution in [0.25, 0.3) is 10.9 Å². The number of rotatable bonds is 4. The van der Waals surface area contributed by atoms with E-state index in [2.05, 4.69) is 30.0 Å². The van der Waals surface area contributed by atoms with Crippen LogP contribution in [0, 0.1) is 6.92 Å². The minimum absolute atomic E-state index is 0.500. The monoisotopic (exact) mass is 378 g/mol. The highest BCUT2D eigenvalue weighted by molar-refractivity contribution is 5.99. The number of pyridine rings is 1. The summed E-state index contributed by atoms with van der Waals surface area (Å²) >= 11 is 0. The van der Waals surface area contributed by atoms with Crippen molar-refractivity contribution < 1.29 is 19.2 Å². The van der Waals surface area contributed by atoms with E-state index in [1.54, 1.807) is 14.2 Å². The quantitative estimate of drug-likeness (QED) is 0.641. The Bertz CT molecular complexity index is 1080.